The number of nitrogens with zero attached hydrogens (tertiary/aromatic N) is 2. The monoisotopic (exact) mass is 304 g/mol. The largest absolute Gasteiger partial charge is 0.395 e. The van der Waals surface area contributed by atoms with Gasteiger partial charge in [-0.1, -0.05) is 25.5 Å². The predicted octanol–water partition coefficient (Wildman–Crippen LogP) is 2.18. The van der Waals surface area contributed by atoms with Gasteiger partial charge < -0.3 is 20.3 Å². The number of hydrogen-bond donors (Lipinski definition) is 3. The van der Waals surface area contributed by atoms with Gasteiger partial charge in [-0.3, -0.25) is 0 Å². The van der Waals surface area contributed by atoms with Crippen LogP contribution in [0.1, 0.15) is 31.2 Å². The molecule has 3 N–H and O–H groups in total. The lowest BCUT2D eigenvalue weighted by Crippen LogP contribution is -2.41. The van der Waals surface area contributed by atoms with Gasteiger partial charge >= 0.3 is 6.03 Å². The Labute approximate surface area is 130 Å². The average Bonchev–Trinajstić information content (AvgIpc) is 2.93. The molecular weight excluding hydrogens is 280 g/mol. The Kier molecular flexibility index (Phi) is 5.77. The maximum absolute atomic E-state index is 12.2. The lowest BCUT2D eigenvalue weighted by molar-refractivity contribution is 0.175. The van der Waals surface area contributed by atoms with Gasteiger partial charge in [0.05, 0.1) is 24.2 Å². The number of fused-ring (bicyclic) bond motifs is 1. The van der Waals surface area contributed by atoms with Crippen molar-refractivity contribution in [2.24, 2.45) is 0 Å². The Morgan fingerprint density at radius 2 is 2.23 bits per heavy atom. The van der Waals surface area contributed by atoms with Crippen LogP contribution in [0.4, 0.5) is 4.79 Å². The third kappa shape index (κ3) is 3.98. The fraction of sp³-hybridized carbons (Fsp3) is 0.500. The summed E-state index contributed by atoms with van der Waals surface area (Å²) in [4.78, 5) is 21.5. The first-order valence-corrected chi connectivity index (χ1v) is 7.73. The number of amides is 2. The minimum absolute atomic E-state index is 0.0268. The van der Waals surface area contributed by atoms with Crippen molar-refractivity contribution in [3.8, 4) is 0 Å². The molecule has 6 nitrogen and oxygen atoms in total. The molecule has 2 aromatic rings. The number of carbonyl (C=O) groups excluding carboxylic acids is 1. The van der Waals surface area contributed by atoms with Crippen molar-refractivity contribution >= 4 is 17.1 Å². The number of aromatic amines is 1. The number of imidazole rings is 1. The number of H-pyrrole nitrogens is 1. The van der Waals surface area contributed by atoms with Crippen LogP contribution in [-0.2, 0) is 6.54 Å². The summed E-state index contributed by atoms with van der Waals surface area (Å²) in [6.45, 7) is 5.42. The predicted molar refractivity (Wildman–Crippen MR) is 86.6 cm³/mol. The Morgan fingerprint density at radius 3 is 2.91 bits per heavy atom. The molecule has 0 radical (unpaired) electrons. The van der Waals surface area contributed by atoms with E-state index < -0.39 is 0 Å². The van der Waals surface area contributed by atoms with Crippen LogP contribution in [-0.4, -0.2) is 45.7 Å². The number of rotatable bonds is 7. The third-order valence-corrected chi connectivity index (χ3v) is 3.61. The van der Waals surface area contributed by atoms with Gasteiger partial charge in [0, 0.05) is 13.1 Å². The van der Waals surface area contributed by atoms with Gasteiger partial charge in [-0.05, 0) is 25.0 Å². The van der Waals surface area contributed by atoms with Crippen molar-refractivity contribution in [1.82, 2.24) is 20.2 Å². The third-order valence-electron chi connectivity index (χ3n) is 3.61. The van der Waals surface area contributed by atoms with Crippen LogP contribution < -0.4 is 5.32 Å². The highest BCUT2D eigenvalue weighted by molar-refractivity contribution is 5.78. The standard InChI is InChI=1S/C16H24N4O2/c1-3-4-8-20(9-10-21)16(22)17-11-14-18-13-7-5-6-12(2)15(13)19-14/h5-7,21H,3-4,8-11H2,1-2H3,(H,17,22)(H,18,19). The van der Waals surface area contributed by atoms with Crippen LogP contribution in [0.25, 0.3) is 11.0 Å². The van der Waals surface area contributed by atoms with Crippen LogP contribution in [0.15, 0.2) is 18.2 Å². The molecule has 1 aromatic heterocycles. The molecule has 22 heavy (non-hydrogen) atoms. The fourth-order valence-electron chi connectivity index (χ4n) is 2.37. The lowest BCUT2D eigenvalue weighted by atomic mass is 10.2. The molecule has 0 saturated heterocycles. The molecule has 0 aliphatic heterocycles. The van der Waals surface area contributed by atoms with Crippen molar-refractivity contribution in [3.63, 3.8) is 0 Å². The zero-order chi connectivity index (χ0) is 15.9. The fourth-order valence-corrected chi connectivity index (χ4v) is 2.37. The highest BCUT2D eigenvalue weighted by atomic mass is 16.3. The lowest BCUT2D eigenvalue weighted by Gasteiger charge is -2.21. The van der Waals surface area contributed by atoms with Crippen LogP contribution in [0.3, 0.4) is 0 Å². The smallest absolute Gasteiger partial charge is 0.317 e. The van der Waals surface area contributed by atoms with E-state index in [1.807, 2.05) is 25.1 Å². The normalized spacial score (nSPS) is 10.9. The molecule has 2 rings (SSSR count). The summed E-state index contributed by atoms with van der Waals surface area (Å²) < 4.78 is 0. The van der Waals surface area contributed by atoms with Crippen molar-refractivity contribution in [3.05, 3.63) is 29.6 Å². The molecule has 120 valence electrons. The minimum atomic E-state index is -0.167. The summed E-state index contributed by atoms with van der Waals surface area (Å²) in [6, 6.07) is 5.80. The van der Waals surface area contributed by atoms with Gasteiger partial charge in [0.1, 0.15) is 5.82 Å². The van der Waals surface area contributed by atoms with E-state index >= 15 is 0 Å². The van der Waals surface area contributed by atoms with Gasteiger partial charge in [-0.15, -0.1) is 0 Å². The number of aliphatic hydroxyl groups excluding tert-OH is 1. The number of benzene rings is 1. The van der Waals surface area contributed by atoms with E-state index in [9.17, 15) is 4.79 Å². The minimum Gasteiger partial charge on any atom is -0.395 e. The van der Waals surface area contributed by atoms with E-state index in [1.165, 1.54) is 0 Å². The van der Waals surface area contributed by atoms with E-state index in [1.54, 1.807) is 4.90 Å². The van der Waals surface area contributed by atoms with Crippen molar-refractivity contribution in [2.75, 3.05) is 19.7 Å². The number of aliphatic hydroxyl groups is 1. The van der Waals surface area contributed by atoms with Crippen molar-refractivity contribution < 1.29 is 9.90 Å². The molecule has 0 spiro atoms. The number of aromatic nitrogens is 2. The van der Waals surface area contributed by atoms with Crippen LogP contribution in [0, 0.1) is 6.92 Å². The van der Waals surface area contributed by atoms with E-state index in [0.717, 1.165) is 35.3 Å². The molecule has 2 amide bonds. The summed E-state index contributed by atoms with van der Waals surface area (Å²) >= 11 is 0. The number of aryl methyl sites for hydroxylation is 1. The molecule has 6 heteroatoms. The SMILES string of the molecule is CCCCN(CCO)C(=O)NCc1nc2c(C)cccc2[nH]1. The highest BCUT2D eigenvalue weighted by Gasteiger charge is 2.13. The molecule has 0 fully saturated rings. The van der Waals surface area contributed by atoms with Crippen molar-refractivity contribution in [2.45, 2.75) is 33.2 Å². The molecule has 0 saturated carbocycles. The average molecular weight is 304 g/mol. The zero-order valence-electron chi connectivity index (χ0n) is 13.2. The zero-order valence-corrected chi connectivity index (χ0v) is 13.2. The molecular formula is C16H24N4O2. The van der Waals surface area contributed by atoms with Crippen LogP contribution in [0.5, 0.6) is 0 Å². The first-order valence-electron chi connectivity index (χ1n) is 7.73. The number of nitrogens with one attached hydrogen (secondary N) is 2. The Bertz CT molecular complexity index is 624. The molecule has 0 aliphatic rings. The quantitative estimate of drug-likeness (QED) is 0.733. The summed E-state index contributed by atoms with van der Waals surface area (Å²) in [5.74, 6) is 0.733. The van der Waals surface area contributed by atoms with E-state index in [2.05, 4.69) is 22.2 Å². The van der Waals surface area contributed by atoms with Gasteiger partial charge in [0.25, 0.3) is 0 Å². The number of unbranched alkanes of at least 4 members (excludes halogenated alkanes) is 1. The molecule has 1 heterocycles. The number of hydrogen-bond acceptors (Lipinski definition) is 3. The second kappa shape index (κ2) is 7.79. The van der Waals surface area contributed by atoms with E-state index in [0.29, 0.717) is 19.6 Å². The summed E-state index contributed by atoms with van der Waals surface area (Å²) in [5, 5.41) is 11.9. The Hall–Kier alpha value is -2.08. The number of carbonyl (C=O) groups is 1. The van der Waals surface area contributed by atoms with Gasteiger partial charge in [0.15, 0.2) is 0 Å². The first kappa shape index (κ1) is 16.3. The summed E-state index contributed by atoms with van der Waals surface area (Å²) in [5.41, 5.74) is 3.02. The molecule has 1 aromatic carbocycles. The van der Waals surface area contributed by atoms with Crippen LogP contribution >= 0.6 is 0 Å². The second-order valence-electron chi connectivity index (χ2n) is 5.38. The summed E-state index contributed by atoms with van der Waals surface area (Å²) in [6.07, 6.45) is 1.94. The van der Waals surface area contributed by atoms with E-state index in [-0.39, 0.29) is 12.6 Å². The Morgan fingerprint density at radius 1 is 1.41 bits per heavy atom. The first-order chi connectivity index (χ1) is 10.7. The highest BCUT2D eigenvalue weighted by Crippen LogP contribution is 2.15. The number of urea groups is 1. The Balaban J connectivity index is 1.97. The molecule has 0 atom stereocenters. The van der Waals surface area contributed by atoms with Crippen LogP contribution in [0.2, 0.25) is 0 Å². The van der Waals surface area contributed by atoms with Gasteiger partial charge in [0.2, 0.25) is 0 Å². The molecule has 0 aliphatic carbocycles. The maximum Gasteiger partial charge on any atom is 0.317 e. The number of para-hydroxylation sites is 1. The maximum atomic E-state index is 12.2. The van der Waals surface area contributed by atoms with Gasteiger partial charge in [-0.2, -0.15) is 0 Å². The van der Waals surface area contributed by atoms with Crippen molar-refractivity contribution in [1.29, 1.82) is 0 Å². The van der Waals surface area contributed by atoms with Gasteiger partial charge in [-0.25, -0.2) is 9.78 Å². The second-order valence-corrected chi connectivity index (χ2v) is 5.38. The molecule has 0 unspecified atom stereocenters. The van der Waals surface area contributed by atoms with E-state index in [4.69, 9.17) is 5.11 Å². The summed E-state index contributed by atoms with van der Waals surface area (Å²) in [7, 11) is 0. The molecule has 0 bridgehead atoms. The topological polar surface area (TPSA) is 81.2 Å².